The largest absolute Gasteiger partial charge is 0.410 e. The Morgan fingerprint density at radius 2 is 2.36 bits per heavy atom. The molecule has 0 saturated carbocycles. The second-order valence-corrected chi connectivity index (χ2v) is 3.47. The average molecular weight is 214 g/mol. The number of unbranched alkanes of at least 4 members (excludes halogenated alkanes) is 1. The van der Waals surface area contributed by atoms with Gasteiger partial charge in [-0.2, -0.15) is 4.98 Å². The van der Waals surface area contributed by atoms with E-state index >= 15 is 0 Å². The zero-order valence-electron chi connectivity index (χ0n) is 8.36. The van der Waals surface area contributed by atoms with E-state index in [2.05, 4.69) is 24.5 Å². The van der Waals surface area contributed by atoms with Crippen LogP contribution >= 0.6 is 12.6 Å². The number of thiol groups is 1. The minimum Gasteiger partial charge on any atom is -0.410 e. The number of aromatic nitrogens is 2. The van der Waals surface area contributed by atoms with Gasteiger partial charge in [0.25, 0.3) is 0 Å². The first-order valence-corrected chi connectivity index (χ1v) is 5.02. The number of hydrogen-bond acceptors (Lipinski definition) is 4. The Balaban J connectivity index is 2.77. The minimum absolute atomic E-state index is 0.420. The molecule has 0 spiro atoms. The van der Waals surface area contributed by atoms with Crippen LogP contribution in [-0.2, 0) is 0 Å². The fourth-order valence-corrected chi connectivity index (χ4v) is 1.06. The Bertz CT molecular complexity index is 362. The van der Waals surface area contributed by atoms with Crippen LogP contribution in [0.15, 0.2) is 16.0 Å². The van der Waals surface area contributed by atoms with Crippen molar-refractivity contribution >= 4 is 12.6 Å². The zero-order chi connectivity index (χ0) is 10.6. The third-order valence-electron chi connectivity index (χ3n) is 1.78. The number of hydrogen-bond donors (Lipinski definition) is 1. The minimum atomic E-state index is -0.420. The van der Waals surface area contributed by atoms with Crippen molar-refractivity contribution in [3.8, 4) is 0 Å². The Hall–Kier alpha value is -0.970. The van der Waals surface area contributed by atoms with E-state index < -0.39 is 5.69 Å². The van der Waals surface area contributed by atoms with E-state index in [0.29, 0.717) is 11.6 Å². The van der Waals surface area contributed by atoms with Gasteiger partial charge in [-0.15, -0.1) is 17.4 Å². The smallest absolute Gasteiger partial charge is 0.381 e. The summed E-state index contributed by atoms with van der Waals surface area (Å²) in [5, 5.41) is 0.449. The van der Waals surface area contributed by atoms with Crippen molar-refractivity contribution in [3.63, 3.8) is 0 Å². The molecule has 0 radical (unpaired) electrons. The summed E-state index contributed by atoms with van der Waals surface area (Å²) in [6, 6.07) is 0. The fourth-order valence-electron chi connectivity index (χ4n) is 0.917. The molecule has 0 fully saturated rings. The van der Waals surface area contributed by atoms with Gasteiger partial charge in [-0.05, 0) is 13.3 Å². The highest BCUT2D eigenvalue weighted by atomic mass is 32.1. The van der Waals surface area contributed by atoms with Gasteiger partial charge in [0, 0.05) is 5.56 Å². The van der Waals surface area contributed by atoms with E-state index in [0.717, 1.165) is 23.1 Å². The lowest BCUT2D eigenvalue weighted by Gasteiger charge is -2.07. The van der Waals surface area contributed by atoms with E-state index in [1.54, 1.807) is 6.20 Å². The van der Waals surface area contributed by atoms with Gasteiger partial charge in [0.2, 0.25) is 0 Å². The molecule has 1 aromatic heterocycles. The second kappa shape index (κ2) is 5.05. The van der Waals surface area contributed by atoms with Crippen LogP contribution in [0.4, 0.5) is 0 Å². The molecule has 0 amide bonds. The molecular weight excluding hydrogens is 200 g/mol. The summed E-state index contributed by atoms with van der Waals surface area (Å²) in [7, 11) is 0. The van der Waals surface area contributed by atoms with Crippen molar-refractivity contribution in [2.24, 2.45) is 0 Å². The van der Waals surface area contributed by atoms with Gasteiger partial charge in [0.1, 0.15) is 11.6 Å². The number of nitrogens with zero attached hydrogens (tertiary/aromatic N) is 2. The van der Waals surface area contributed by atoms with Crippen LogP contribution in [0.3, 0.4) is 0 Å². The highest BCUT2D eigenvalue weighted by Crippen LogP contribution is 2.04. The van der Waals surface area contributed by atoms with E-state index in [1.807, 2.05) is 6.92 Å². The average Bonchev–Trinajstić information content (AvgIpc) is 2.14. The topological polar surface area (TPSA) is 44.1 Å². The predicted molar refractivity (Wildman–Crippen MR) is 56.8 cm³/mol. The summed E-state index contributed by atoms with van der Waals surface area (Å²) in [4.78, 5) is 20.2. The molecule has 1 aromatic rings. The lowest BCUT2D eigenvalue weighted by Crippen LogP contribution is -2.29. The number of aryl methyl sites for hydroxylation is 1. The summed E-state index contributed by atoms with van der Waals surface area (Å²) in [5.74, 6) is 0. The van der Waals surface area contributed by atoms with E-state index in [9.17, 15) is 4.79 Å². The van der Waals surface area contributed by atoms with Crippen LogP contribution in [0.1, 0.15) is 25.3 Å². The molecule has 0 saturated heterocycles. The summed E-state index contributed by atoms with van der Waals surface area (Å²) < 4.78 is 1.16. The molecule has 78 valence electrons. The van der Waals surface area contributed by atoms with Crippen molar-refractivity contribution in [3.05, 3.63) is 22.2 Å². The molecule has 0 bridgehead atoms. The van der Waals surface area contributed by atoms with E-state index in [4.69, 9.17) is 4.84 Å². The van der Waals surface area contributed by atoms with Crippen LogP contribution in [0.5, 0.6) is 0 Å². The Labute approximate surface area is 88.3 Å². The summed E-state index contributed by atoms with van der Waals surface area (Å²) in [6.07, 6.45) is 3.56. The predicted octanol–water partition coefficient (Wildman–Crippen LogP) is 1.07. The lowest BCUT2D eigenvalue weighted by atomic mass is 10.4. The SMILES string of the molecule is CCCCOn1cc(C)c(S)nc1=O. The van der Waals surface area contributed by atoms with Crippen LogP contribution in [0.25, 0.3) is 0 Å². The maximum absolute atomic E-state index is 11.3. The van der Waals surface area contributed by atoms with Gasteiger partial charge in [-0.25, -0.2) is 4.79 Å². The zero-order valence-corrected chi connectivity index (χ0v) is 9.25. The van der Waals surface area contributed by atoms with Gasteiger partial charge in [-0.3, -0.25) is 0 Å². The van der Waals surface area contributed by atoms with Gasteiger partial charge in [-0.1, -0.05) is 13.3 Å². The van der Waals surface area contributed by atoms with Gasteiger partial charge in [0.05, 0.1) is 6.20 Å². The molecule has 0 aromatic carbocycles. The van der Waals surface area contributed by atoms with Crippen LogP contribution in [-0.4, -0.2) is 16.3 Å². The maximum Gasteiger partial charge on any atom is 0.381 e. The highest BCUT2D eigenvalue weighted by Gasteiger charge is 2.01. The Kier molecular flexibility index (Phi) is 4.00. The summed E-state index contributed by atoms with van der Waals surface area (Å²) in [5.41, 5.74) is 0.404. The first kappa shape index (κ1) is 11.1. The molecule has 0 aliphatic rings. The van der Waals surface area contributed by atoms with Crippen LogP contribution in [0, 0.1) is 6.92 Å². The van der Waals surface area contributed by atoms with Crippen molar-refractivity contribution in [1.29, 1.82) is 0 Å². The molecule has 0 atom stereocenters. The molecule has 0 aliphatic carbocycles. The third-order valence-corrected chi connectivity index (χ3v) is 2.23. The molecule has 0 aliphatic heterocycles. The first-order chi connectivity index (χ1) is 6.65. The van der Waals surface area contributed by atoms with Crippen molar-refractivity contribution in [2.45, 2.75) is 31.7 Å². The molecule has 1 rings (SSSR count). The quantitative estimate of drug-likeness (QED) is 0.463. The van der Waals surface area contributed by atoms with Gasteiger partial charge in [0.15, 0.2) is 0 Å². The molecule has 0 N–H and O–H groups in total. The lowest BCUT2D eigenvalue weighted by molar-refractivity contribution is 0.0947. The molecule has 14 heavy (non-hydrogen) atoms. The molecule has 5 heteroatoms. The van der Waals surface area contributed by atoms with Crippen molar-refractivity contribution in [2.75, 3.05) is 6.61 Å². The van der Waals surface area contributed by atoms with E-state index in [1.165, 1.54) is 0 Å². The summed E-state index contributed by atoms with van der Waals surface area (Å²) in [6.45, 7) is 4.42. The highest BCUT2D eigenvalue weighted by molar-refractivity contribution is 7.80. The standard InChI is InChI=1S/C9H14N2O2S/c1-3-4-5-13-11-6-7(2)8(14)10-9(11)12/h6H,3-5H2,1-2H3,(H,10,12,14). The fraction of sp³-hybridized carbons (Fsp3) is 0.556. The van der Waals surface area contributed by atoms with Gasteiger partial charge >= 0.3 is 5.69 Å². The maximum atomic E-state index is 11.3. The molecule has 4 nitrogen and oxygen atoms in total. The normalized spacial score (nSPS) is 10.2. The summed E-state index contributed by atoms with van der Waals surface area (Å²) >= 11 is 4.04. The molecule has 1 heterocycles. The third kappa shape index (κ3) is 2.77. The van der Waals surface area contributed by atoms with Crippen molar-refractivity contribution < 1.29 is 4.84 Å². The first-order valence-electron chi connectivity index (χ1n) is 4.57. The number of rotatable bonds is 4. The molecular formula is C9H14N2O2S. The Morgan fingerprint density at radius 3 is 3.00 bits per heavy atom. The van der Waals surface area contributed by atoms with Crippen molar-refractivity contribution in [1.82, 2.24) is 9.71 Å². The van der Waals surface area contributed by atoms with Gasteiger partial charge < -0.3 is 4.84 Å². The van der Waals surface area contributed by atoms with E-state index in [-0.39, 0.29) is 0 Å². The second-order valence-electron chi connectivity index (χ2n) is 3.04. The van der Waals surface area contributed by atoms with Crippen LogP contribution in [0.2, 0.25) is 0 Å². The monoisotopic (exact) mass is 214 g/mol. The molecule has 0 unspecified atom stereocenters. The Morgan fingerprint density at radius 1 is 1.64 bits per heavy atom. The van der Waals surface area contributed by atoms with Crippen LogP contribution < -0.4 is 10.5 Å².